The highest BCUT2D eigenvalue weighted by Crippen LogP contribution is 2.11. The van der Waals surface area contributed by atoms with Crippen LogP contribution in [0.4, 0.5) is 4.39 Å². The second kappa shape index (κ2) is 5.79. The van der Waals surface area contributed by atoms with Crippen molar-refractivity contribution in [3.05, 3.63) is 35.6 Å². The molecule has 0 fully saturated rings. The van der Waals surface area contributed by atoms with E-state index in [0.29, 0.717) is 0 Å². The Kier molecular flexibility index (Phi) is 4.64. The molecule has 0 aliphatic heterocycles. The van der Waals surface area contributed by atoms with Gasteiger partial charge < -0.3 is 0 Å². The van der Waals surface area contributed by atoms with Crippen LogP contribution in [0.25, 0.3) is 0 Å². The molecular weight excluding hydrogens is 175 g/mol. The van der Waals surface area contributed by atoms with Crippen molar-refractivity contribution in [2.45, 2.75) is 39.5 Å². The van der Waals surface area contributed by atoms with Crippen molar-refractivity contribution in [1.82, 2.24) is 0 Å². The van der Waals surface area contributed by atoms with Crippen LogP contribution in [-0.4, -0.2) is 0 Å². The molecule has 14 heavy (non-hydrogen) atoms. The zero-order valence-electron chi connectivity index (χ0n) is 9.09. The van der Waals surface area contributed by atoms with Crippen molar-refractivity contribution in [2.24, 2.45) is 5.92 Å². The highest BCUT2D eigenvalue weighted by Gasteiger charge is 1.97. The second-order valence-corrected chi connectivity index (χ2v) is 4.27. The molecule has 0 amide bonds. The summed E-state index contributed by atoms with van der Waals surface area (Å²) in [5.74, 6) is 0.661. The molecule has 0 nitrogen and oxygen atoms in total. The first-order chi connectivity index (χ1) is 6.68. The number of hydrogen-bond donors (Lipinski definition) is 0. The third-order valence-corrected chi connectivity index (χ3v) is 2.39. The van der Waals surface area contributed by atoms with Gasteiger partial charge in [0.2, 0.25) is 0 Å². The van der Waals surface area contributed by atoms with E-state index in [1.165, 1.54) is 25.3 Å². The van der Waals surface area contributed by atoms with E-state index in [1.54, 1.807) is 12.1 Å². The number of rotatable bonds is 5. The standard InChI is InChI=1S/C13H19F/c1-11(2)6-3-4-7-12-8-5-9-13(14)10-12/h5,8-11H,3-4,6-7H2,1-2H3. The van der Waals surface area contributed by atoms with Crippen molar-refractivity contribution >= 4 is 0 Å². The summed E-state index contributed by atoms with van der Waals surface area (Å²) in [7, 11) is 0. The minimum absolute atomic E-state index is 0.119. The summed E-state index contributed by atoms with van der Waals surface area (Å²) in [6.07, 6.45) is 4.69. The maximum Gasteiger partial charge on any atom is 0.123 e. The molecule has 0 aliphatic carbocycles. The molecule has 0 unspecified atom stereocenters. The molecule has 0 atom stereocenters. The summed E-state index contributed by atoms with van der Waals surface area (Å²) < 4.78 is 12.8. The van der Waals surface area contributed by atoms with Crippen LogP contribution >= 0.6 is 0 Å². The van der Waals surface area contributed by atoms with Gasteiger partial charge in [-0.3, -0.25) is 0 Å². The van der Waals surface area contributed by atoms with Crippen molar-refractivity contribution in [3.8, 4) is 0 Å². The van der Waals surface area contributed by atoms with Gasteiger partial charge in [0, 0.05) is 0 Å². The van der Waals surface area contributed by atoms with Crippen LogP contribution in [0.15, 0.2) is 24.3 Å². The van der Waals surface area contributed by atoms with E-state index in [9.17, 15) is 4.39 Å². The normalized spacial score (nSPS) is 10.9. The first-order valence-electron chi connectivity index (χ1n) is 5.43. The van der Waals surface area contributed by atoms with Crippen molar-refractivity contribution in [3.63, 3.8) is 0 Å². The van der Waals surface area contributed by atoms with Crippen molar-refractivity contribution < 1.29 is 4.39 Å². The van der Waals surface area contributed by atoms with Crippen LogP contribution in [0.5, 0.6) is 0 Å². The Morgan fingerprint density at radius 1 is 1.21 bits per heavy atom. The smallest absolute Gasteiger partial charge is 0.123 e. The predicted octanol–water partition coefficient (Wildman–Crippen LogP) is 4.19. The van der Waals surface area contributed by atoms with E-state index < -0.39 is 0 Å². The quantitative estimate of drug-likeness (QED) is 0.616. The van der Waals surface area contributed by atoms with Crippen molar-refractivity contribution in [1.29, 1.82) is 0 Å². The van der Waals surface area contributed by atoms with Gasteiger partial charge in [-0.2, -0.15) is 0 Å². The van der Waals surface area contributed by atoms with Crippen LogP contribution < -0.4 is 0 Å². The molecule has 0 aliphatic rings. The third kappa shape index (κ3) is 4.40. The second-order valence-electron chi connectivity index (χ2n) is 4.27. The molecule has 0 aromatic heterocycles. The van der Waals surface area contributed by atoms with Gasteiger partial charge in [0.1, 0.15) is 5.82 Å². The SMILES string of the molecule is CC(C)CCCCc1cccc(F)c1. The summed E-state index contributed by atoms with van der Waals surface area (Å²) in [5.41, 5.74) is 1.12. The van der Waals surface area contributed by atoms with Crippen LogP contribution in [0.1, 0.15) is 38.7 Å². The fraction of sp³-hybridized carbons (Fsp3) is 0.538. The number of hydrogen-bond acceptors (Lipinski definition) is 0. The fourth-order valence-electron chi connectivity index (χ4n) is 1.57. The lowest BCUT2D eigenvalue weighted by Crippen LogP contribution is -1.90. The summed E-state index contributed by atoms with van der Waals surface area (Å²) in [6.45, 7) is 4.48. The highest BCUT2D eigenvalue weighted by molar-refractivity contribution is 5.16. The van der Waals surface area contributed by atoms with Gasteiger partial charge in [-0.05, 0) is 36.5 Å². The Balaban J connectivity index is 2.25. The third-order valence-electron chi connectivity index (χ3n) is 2.39. The van der Waals surface area contributed by atoms with E-state index in [1.807, 2.05) is 6.07 Å². The molecule has 1 rings (SSSR count). The number of unbranched alkanes of at least 4 members (excludes halogenated alkanes) is 1. The molecule has 1 heteroatoms. The number of aryl methyl sites for hydroxylation is 1. The zero-order valence-corrected chi connectivity index (χ0v) is 9.09. The van der Waals surface area contributed by atoms with Crippen LogP contribution in [0, 0.1) is 11.7 Å². The van der Waals surface area contributed by atoms with Gasteiger partial charge in [-0.25, -0.2) is 4.39 Å². The van der Waals surface area contributed by atoms with E-state index in [4.69, 9.17) is 0 Å². The summed E-state index contributed by atoms with van der Waals surface area (Å²) in [4.78, 5) is 0. The van der Waals surface area contributed by atoms with Crippen LogP contribution in [0.3, 0.4) is 0 Å². The monoisotopic (exact) mass is 194 g/mol. The molecule has 78 valence electrons. The molecule has 1 aromatic carbocycles. The first kappa shape index (κ1) is 11.2. The molecule has 0 saturated heterocycles. The van der Waals surface area contributed by atoms with E-state index in [-0.39, 0.29) is 5.82 Å². The molecule has 0 radical (unpaired) electrons. The lowest BCUT2D eigenvalue weighted by atomic mass is 10.0. The summed E-state index contributed by atoms with van der Waals surface area (Å²) in [5, 5.41) is 0. The molecule has 0 spiro atoms. The Hall–Kier alpha value is -0.850. The minimum Gasteiger partial charge on any atom is -0.207 e. The van der Waals surface area contributed by atoms with Gasteiger partial charge in [0.05, 0.1) is 0 Å². The lowest BCUT2D eigenvalue weighted by Gasteiger charge is -2.04. The van der Waals surface area contributed by atoms with Crippen LogP contribution in [-0.2, 0) is 6.42 Å². The molecule has 0 bridgehead atoms. The summed E-state index contributed by atoms with van der Waals surface area (Å²) in [6, 6.07) is 6.92. The Morgan fingerprint density at radius 2 is 2.00 bits per heavy atom. The largest absolute Gasteiger partial charge is 0.207 e. The van der Waals surface area contributed by atoms with Gasteiger partial charge in [-0.1, -0.05) is 38.8 Å². The average Bonchev–Trinajstić information content (AvgIpc) is 2.12. The van der Waals surface area contributed by atoms with E-state index in [2.05, 4.69) is 13.8 Å². The fourth-order valence-corrected chi connectivity index (χ4v) is 1.57. The highest BCUT2D eigenvalue weighted by atomic mass is 19.1. The topological polar surface area (TPSA) is 0 Å². The maximum absolute atomic E-state index is 12.8. The lowest BCUT2D eigenvalue weighted by molar-refractivity contribution is 0.537. The first-order valence-corrected chi connectivity index (χ1v) is 5.43. The molecule has 0 saturated carbocycles. The predicted molar refractivity (Wildman–Crippen MR) is 58.8 cm³/mol. The van der Waals surface area contributed by atoms with E-state index >= 15 is 0 Å². The summed E-state index contributed by atoms with van der Waals surface area (Å²) >= 11 is 0. The Labute approximate surface area is 86.2 Å². The van der Waals surface area contributed by atoms with Gasteiger partial charge in [0.15, 0.2) is 0 Å². The van der Waals surface area contributed by atoms with Crippen LogP contribution in [0.2, 0.25) is 0 Å². The number of benzene rings is 1. The molecule has 0 heterocycles. The Morgan fingerprint density at radius 3 is 2.64 bits per heavy atom. The van der Waals surface area contributed by atoms with Gasteiger partial charge in [0.25, 0.3) is 0 Å². The molecule has 1 aromatic rings. The Bertz CT molecular complexity index is 266. The maximum atomic E-state index is 12.8. The molecular formula is C13H19F. The van der Waals surface area contributed by atoms with E-state index in [0.717, 1.165) is 17.9 Å². The van der Waals surface area contributed by atoms with Gasteiger partial charge in [-0.15, -0.1) is 0 Å². The van der Waals surface area contributed by atoms with Crippen molar-refractivity contribution in [2.75, 3.05) is 0 Å². The average molecular weight is 194 g/mol. The zero-order chi connectivity index (χ0) is 10.4. The minimum atomic E-state index is -0.119. The number of halogens is 1. The molecule has 0 N–H and O–H groups in total. The van der Waals surface area contributed by atoms with Gasteiger partial charge >= 0.3 is 0 Å².